The first-order valence-electron chi connectivity index (χ1n) is 9.37. The molecule has 1 aliphatic heterocycles. The maximum atomic E-state index is 12.1. The third-order valence-electron chi connectivity index (χ3n) is 4.61. The Morgan fingerprint density at radius 1 is 1.12 bits per heavy atom. The standard InChI is InChI=1S/C20H31N3O2/c1-16(2)11-12-21-20(25)15-23(17(3)24)19-9-7-18(8-10-19)22-13-5-4-6-14-22/h7-10,16H,4-6,11-15H2,1-3H3,(H,21,25). The molecule has 1 aromatic rings. The number of rotatable bonds is 7. The molecule has 0 aromatic heterocycles. The number of nitrogens with one attached hydrogen (secondary N) is 1. The van der Waals surface area contributed by atoms with E-state index in [-0.39, 0.29) is 18.4 Å². The number of carbonyl (C=O) groups is 2. The average molecular weight is 345 g/mol. The molecule has 1 aromatic carbocycles. The van der Waals surface area contributed by atoms with Crippen LogP contribution in [0.2, 0.25) is 0 Å². The van der Waals surface area contributed by atoms with Crippen molar-refractivity contribution in [3.8, 4) is 0 Å². The molecule has 25 heavy (non-hydrogen) atoms. The number of piperidine rings is 1. The summed E-state index contributed by atoms with van der Waals surface area (Å²) in [5.74, 6) is 0.312. The molecule has 1 fully saturated rings. The third kappa shape index (κ3) is 6.07. The summed E-state index contributed by atoms with van der Waals surface area (Å²) in [6.45, 7) is 8.64. The van der Waals surface area contributed by atoms with Gasteiger partial charge < -0.3 is 15.1 Å². The Labute approximate surface area is 151 Å². The molecule has 0 atom stereocenters. The van der Waals surface area contributed by atoms with Gasteiger partial charge in [0.25, 0.3) is 0 Å². The quantitative estimate of drug-likeness (QED) is 0.826. The number of amides is 2. The highest BCUT2D eigenvalue weighted by Crippen LogP contribution is 2.23. The summed E-state index contributed by atoms with van der Waals surface area (Å²) >= 11 is 0. The molecule has 0 unspecified atom stereocenters. The Balaban J connectivity index is 1.97. The van der Waals surface area contributed by atoms with Crippen LogP contribution in [-0.2, 0) is 9.59 Å². The zero-order valence-electron chi connectivity index (χ0n) is 15.8. The lowest BCUT2D eigenvalue weighted by atomic mass is 10.1. The molecule has 0 saturated carbocycles. The zero-order valence-corrected chi connectivity index (χ0v) is 15.8. The van der Waals surface area contributed by atoms with Crippen molar-refractivity contribution in [3.05, 3.63) is 24.3 Å². The minimum absolute atomic E-state index is 0.0660. The summed E-state index contributed by atoms with van der Waals surface area (Å²) in [4.78, 5) is 28.0. The fourth-order valence-electron chi connectivity index (χ4n) is 3.08. The molecule has 1 N–H and O–H groups in total. The van der Waals surface area contributed by atoms with Crippen LogP contribution < -0.4 is 15.1 Å². The maximum Gasteiger partial charge on any atom is 0.240 e. The molecule has 0 bridgehead atoms. The highest BCUT2D eigenvalue weighted by atomic mass is 16.2. The molecule has 5 nitrogen and oxygen atoms in total. The Hall–Kier alpha value is -2.04. The van der Waals surface area contributed by atoms with Crippen LogP contribution in [0.15, 0.2) is 24.3 Å². The van der Waals surface area contributed by atoms with Crippen LogP contribution in [0.4, 0.5) is 11.4 Å². The monoisotopic (exact) mass is 345 g/mol. The van der Waals surface area contributed by atoms with Gasteiger partial charge in [0, 0.05) is 37.9 Å². The molecule has 0 radical (unpaired) electrons. The minimum Gasteiger partial charge on any atom is -0.372 e. The van der Waals surface area contributed by atoms with E-state index < -0.39 is 0 Å². The van der Waals surface area contributed by atoms with Crippen LogP contribution in [-0.4, -0.2) is 38.0 Å². The van der Waals surface area contributed by atoms with Gasteiger partial charge in [0.1, 0.15) is 6.54 Å². The second-order valence-corrected chi connectivity index (χ2v) is 7.20. The number of nitrogens with zero attached hydrogens (tertiary/aromatic N) is 2. The highest BCUT2D eigenvalue weighted by Gasteiger charge is 2.17. The molecule has 0 spiro atoms. The number of hydrogen-bond donors (Lipinski definition) is 1. The van der Waals surface area contributed by atoms with Crippen molar-refractivity contribution in [1.29, 1.82) is 0 Å². The van der Waals surface area contributed by atoms with E-state index in [2.05, 4.69) is 24.1 Å². The van der Waals surface area contributed by atoms with Crippen LogP contribution in [0, 0.1) is 5.92 Å². The van der Waals surface area contributed by atoms with E-state index in [0.29, 0.717) is 12.5 Å². The lowest BCUT2D eigenvalue weighted by molar-refractivity contribution is -0.123. The van der Waals surface area contributed by atoms with Crippen molar-refractivity contribution in [2.45, 2.75) is 46.5 Å². The van der Waals surface area contributed by atoms with Gasteiger partial charge in [-0.1, -0.05) is 13.8 Å². The predicted octanol–water partition coefficient (Wildman–Crippen LogP) is 3.19. The second kappa shape index (κ2) is 9.44. The van der Waals surface area contributed by atoms with Gasteiger partial charge in [0.2, 0.25) is 11.8 Å². The summed E-state index contributed by atoms with van der Waals surface area (Å²) in [5, 5.41) is 2.89. The predicted molar refractivity (Wildman–Crippen MR) is 103 cm³/mol. The summed E-state index contributed by atoms with van der Waals surface area (Å²) < 4.78 is 0. The topological polar surface area (TPSA) is 52.7 Å². The Kier molecular flexibility index (Phi) is 7.29. The van der Waals surface area contributed by atoms with Crippen molar-refractivity contribution in [2.75, 3.05) is 36.0 Å². The Morgan fingerprint density at radius 2 is 1.76 bits per heavy atom. The van der Waals surface area contributed by atoms with E-state index in [1.54, 1.807) is 0 Å². The SMILES string of the molecule is CC(=O)N(CC(=O)NCCC(C)C)c1ccc(N2CCCCC2)cc1. The van der Waals surface area contributed by atoms with Crippen molar-refractivity contribution >= 4 is 23.2 Å². The van der Waals surface area contributed by atoms with Crippen LogP contribution >= 0.6 is 0 Å². The molecule has 1 saturated heterocycles. The summed E-state index contributed by atoms with van der Waals surface area (Å²) in [5.41, 5.74) is 1.96. The van der Waals surface area contributed by atoms with Gasteiger partial charge in [-0.05, 0) is 55.9 Å². The van der Waals surface area contributed by atoms with Gasteiger partial charge >= 0.3 is 0 Å². The first-order valence-corrected chi connectivity index (χ1v) is 9.37. The number of benzene rings is 1. The smallest absolute Gasteiger partial charge is 0.240 e. The van der Waals surface area contributed by atoms with E-state index in [9.17, 15) is 9.59 Å². The molecule has 1 heterocycles. The first-order chi connectivity index (χ1) is 12.0. The van der Waals surface area contributed by atoms with Gasteiger partial charge in [-0.25, -0.2) is 0 Å². The van der Waals surface area contributed by atoms with Gasteiger partial charge in [-0.15, -0.1) is 0 Å². The van der Waals surface area contributed by atoms with Gasteiger partial charge in [-0.3, -0.25) is 9.59 Å². The normalized spacial score (nSPS) is 14.5. The zero-order chi connectivity index (χ0) is 18.2. The molecular weight excluding hydrogens is 314 g/mol. The van der Waals surface area contributed by atoms with Gasteiger partial charge in [0.15, 0.2) is 0 Å². The molecule has 1 aliphatic rings. The number of carbonyl (C=O) groups excluding carboxylic acids is 2. The molecule has 0 aliphatic carbocycles. The van der Waals surface area contributed by atoms with E-state index >= 15 is 0 Å². The number of hydrogen-bond acceptors (Lipinski definition) is 3. The fraction of sp³-hybridized carbons (Fsp3) is 0.600. The summed E-state index contributed by atoms with van der Waals surface area (Å²) in [7, 11) is 0. The highest BCUT2D eigenvalue weighted by molar-refractivity contribution is 5.97. The Bertz CT molecular complexity index is 563. The van der Waals surface area contributed by atoms with Crippen LogP contribution in [0.1, 0.15) is 46.5 Å². The van der Waals surface area contributed by atoms with E-state index in [1.807, 2.05) is 24.3 Å². The van der Waals surface area contributed by atoms with Crippen LogP contribution in [0.3, 0.4) is 0 Å². The van der Waals surface area contributed by atoms with Gasteiger partial charge in [0.05, 0.1) is 0 Å². The van der Waals surface area contributed by atoms with Crippen molar-refractivity contribution in [2.24, 2.45) is 5.92 Å². The number of anilines is 2. The average Bonchev–Trinajstić information content (AvgIpc) is 2.60. The minimum atomic E-state index is -0.121. The lowest BCUT2D eigenvalue weighted by Gasteiger charge is -2.29. The van der Waals surface area contributed by atoms with Crippen LogP contribution in [0.5, 0.6) is 0 Å². The summed E-state index contributed by atoms with van der Waals surface area (Å²) in [6, 6.07) is 7.97. The molecule has 138 valence electrons. The molecule has 5 heteroatoms. The lowest BCUT2D eigenvalue weighted by Crippen LogP contribution is -2.40. The van der Waals surface area contributed by atoms with Crippen LogP contribution in [0.25, 0.3) is 0 Å². The van der Waals surface area contributed by atoms with Crippen molar-refractivity contribution < 1.29 is 9.59 Å². The molecular formula is C20H31N3O2. The van der Waals surface area contributed by atoms with Gasteiger partial charge in [-0.2, -0.15) is 0 Å². The maximum absolute atomic E-state index is 12.1. The van der Waals surface area contributed by atoms with E-state index in [1.165, 1.54) is 36.8 Å². The molecule has 2 rings (SSSR count). The first kappa shape index (κ1) is 19.3. The second-order valence-electron chi connectivity index (χ2n) is 7.20. The summed E-state index contributed by atoms with van der Waals surface area (Å²) in [6.07, 6.45) is 4.71. The van der Waals surface area contributed by atoms with Crippen molar-refractivity contribution in [3.63, 3.8) is 0 Å². The third-order valence-corrected chi connectivity index (χ3v) is 4.61. The fourth-order valence-corrected chi connectivity index (χ4v) is 3.08. The van der Waals surface area contributed by atoms with E-state index in [0.717, 1.165) is 25.2 Å². The Morgan fingerprint density at radius 3 is 2.32 bits per heavy atom. The van der Waals surface area contributed by atoms with E-state index in [4.69, 9.17) is 0 Å². The largest absolute Gasteiger partial charge is 0.372 e. The van der Waals surface area contributed by atoms with Crippen molar-refractivity contribution in [1.82, 2.24) is 5.32 Å². The molecule has 2 amide bonds.